The first-order chi connectivity index (χ1) is 25.6. The molecule has 0 unspecified atom stereocenters. The normalized spacial score (nSPS) is 10.8. The number of carbonyl (C=O) groups excluding carboxylic acids is 1. The second-order valence-corrected chi connectivity index (χ2v) is 24.6. The van der Waals surface area contributed by atoms with Crippen LogP contribution < -0.4 is 3.84 Å². The second-order valence-electron chi connectivity index (χ2n) is 11.8. The van der Waals surface area contributed by atoms with Crippen LogP contribution in [0.15, 0.2) is 55.9 Å². The molecule has 4 aromatic heterocycles. The predicted octanol–water partition coefficient (Wildman–Crippen LogP) is 7.96. The first-order valence-electron chi connectivity index (χ1n) is 18.9. The van der Waals surface area contributed by atoms with Gasteiger partial charge in [0.05, 0.1) is 6.33 Å². The van der Waals surface area contributed by atoms with E-state index < -0.39 is 18.4 Å². The van der Waals surface area contributed by atoms with Gasteiger partial charge < -0.3 is 43.1 Å². The van der Waals surface area contributed by atoms with Crippen LogP contribution in [0.4, 0.5) is 0 Å². The first-order valence-corrected chi connectivity index (χ1v) is 26.3. The maximum absolute atomic E-state index is 7.75. The monoisotopic (exact) mass is 1400 g/mol. The number of nitrogens with zero attached hydrogens (tertiary/aromatic N) is 7. The van der Waals surface area contributed by atoms with Crippen LogP contribution in [0.25, 0.3) is 0 Å². The quantitative estimate of drug-likeness (QED) is 0.0564. The fourth-order valence-electron chi connectivity index (χ4n) is 5.09. The van der Waals surface area contributed by atoms with Crippen LogP contribution in [-0.2, 0) is 107 Å². The van der Waals surface area contributed by atoms with Crippen molar-refractivity contribution in [3.05, 3.63) is 68.6 Å². The molecule has 0 radical (unpaired) electrons. The van der Waals surface area contributed by atoms with Gasteiger partial charge in [-0.25, -0.2) is 4.98 Å². The number of aromatic amines is 1. The molecule has 0 aromatic carbocycles. The molecule has 13 nitrogen and oxygen atoms in total. The summed E-state index contributed by atoms with van der Waals surface area (Å²) in [6.07, 6.45) is 32.1. The molecule has 4 aromatic rings. The van der Waals surface area contributed by atoms with E-state index in [1.807, 2.05) is 37.0 Å². The molecule has 56 heavy (non-hydrogen) atoms. The first kappa shape index (κ1) is 64.4. The largest absolute Gasteiger partial charge is 1.00 e. The Bertz CT molecular complexity index is 1150. The number of aromatic nitrogens is 8. The van der Waals surface area contributed by atoms with Crippen molar-refractivity contribution >= 4 is 29.0 Å². The molecule has 0 saturated carbocycles. The van der Waals surface area contributed by atoms with Gasteiger partial charge in [0.15, 0.2) is 0 Å². The number of H-pyrrole nitrogens is 1. The molecule has 0 bridgehead atoms. The summed E-state index contributed by atoms with van der Waals surface area (Å²) in [5.41, 5.74) is 0. The molecule has 0 atom stereocenters. The zero-order valence-electron chi connectivity index (χ0n) is 35.1. The summed E-state index contributed by atoms with van der Waals surface area (Å²) in [6.45, 7) is 22.3. The number of nitrogens with one attached hydrogen (secondary N) is 1. The van der Waals surface area contributed by atoms with E-state index in [-0.39, 0.29) is 72.0 Å². The fraction of sp³-hybridized carbons (Fsp3) is 0.667. The summed E-state index contributed by atoms with van der Waals surface area (Å²) in [7, 11) is 0. The van der Waals surface area contributed by atoms with Crippen LogP contribution in [0.2, 0.25) is 13.3 Å². The Hall–Kier alpha value is -0.786. The number of rotatable bonds is 19. The van der Waals surface area contributed by atoms with E-state index in [1.165, 1.54) is 68.5 Å². The van der Waals surface area contributed by atoms with E-state index in [9.17, 15) is 0 Å². The van der Waals surface area contributed by atoms with Gasteiger partial charge in [-0.2, -0.15) is 0 Å². The summed E-state index contributed by atoms with van der Waals surface area (Å²) < 4.78 is 32.6. The molecule has 5 heterocycles. The van der Waals surface area contributed by atoms with E-state index in [4.69, 9.17) is 28.7 Å². The molecule has 1 aliphatic rings. The van der Waals surface area contributed by atoms with E-state index in [2.05, 4.69) is 77.8 Å². The Kier molecular flexibility index (Phi) is 55.8. The van der Waals surface area contributed by atoms with Crippen molar-refractivity contribution in [2.24, 2.45) is 0 Å². The zero-order valence-corrected chi connectivity index (χ0v) is 45.8. The minimum absolute atomic E-state index is 0. The van der Waals surface area contributed by atoms with E-state index in [1.54, 1.807) is 35.7 Å². The van der Waals surface area contributed by atoms with Gasteiger partial charge in [0.25, 0.3) is 0 Å². The van der Waals surface area contributed by atoms with E-state index in [0.717, 1.165) is 33.0 Å². The third kappa shape index (κ3) is 33.1. The van der Waals surface area contributed by atoms with Gasteiger partial charge >= 0.3 is 143 Å². The predicted molar refractivity (Wildman–Crippen MR) is 217 cm³/mol. The minimum Gasteiger partial charge on any atom is -0.545 e. The summed E-state index contributed by atoms with van der Waals surface area (Å²) in [4.78, 5) is 26.4. The van der Waals surface area contributed by atoms with Crippen molar-refractivity contribution in [3.63, 3.8) is 0 Å². The summed E-state index contributed by atoms with van der Waals surface area (Å²) in [5.74, 6) is 0. The molecule has 1 N–H and O–H groups in total. The molecule has 17 heteroatoms. The smallest absolute Gasteiger partial charge is 0.545 e. The number of imidazole rings is 4. The number of hydrogen-bond donors (Lipinski definition) is 1. The minimum atomic E-state index is -2.40. The van der Waals surface area contributed by atoms with Gasteiger partial charge in [-0.1, -0.05) is 7.43 Å². The second kappa shape index (κ2) is 48.6. The van der Waals surface area contributed by atoms with Crippen LogP contribution in [0, 0.1) is 12.7 Å². The topological polar surface area (TPSA) is 136 Å². The maximum Gasteiger partial charge on any atom is 1.00 e. The Labute approximate surface area is 388 Å². The average molecular weight is 1400 g/mol. The van der Waals surface area contributed by atoms with E-state index >= 15 is 0 Å². The van der Waals surface area contributed by atoms with Gasteiger partial charge in [-0.05, 0) is 33.0 Å². The maximum atomic E-state index is 7.75. The molecule has 1 saturated heterocycles. The zero-order chi connectivity index (χ0) is 38.4. The average Bonchev–Trinajstić information content (AvgIpc) is 4.04. The van der Waals surface area contributed by atoms with Crippen LogP contribution in [-0.4, -0.2) is 96.8 Å². The third-order valence-electron chi connectivity index (χ3n) is 7.79. The van der Waals surface area contributed by atoms with Crippen LogP contribution in [0.5, 0.6) is 0 Å². The molecule has 322 valence electrons. The molecule has 0 amide bonds. The SMILES string of the molecule is C.C1CCOC1.CCC[CH2][Sn]([CH2]CCC)([CH2]CCC)[c]1nccn1COCC.CCOCn1[c-]ncc1.CCOCn1ccnc1.[CH-]=O.[H+].[W].[W].[W].[c-]1ncc[nH]1. The van der Waals surface area contributed by atoms with Crippen LogP contribution in [0.3, 0.4) is 0 Å². The standard InChI is InChI=1S/C6H10N2O.2C6H9N2O.C4H8O.3C4H9.C3H3N2.CHO.CH4.Sn.3W/c3*1-2-9-6-8-4-3-7-5-8;1-2-4-5-3-1;3*1-3-4-2;1-2-5-3-4-1;1-2;;;;;/h3-5H,2,6H2,1H3;2*3-4H,2,6H2,1H3;1-4H2;3*1,3-4H2,2H3;1-2H,(H,4,5);1H;1H4;;;;/q;;-1;;;;;2*-1;;;;;/p+1. The number of ether oxygens (including phenoxy) is 4. The molecule has 1 fully saturated rings. The van der Waals surface area contributed by atoms with Crippen molar-refractivity contribution in [1.82, 2.24) is 38.6 Å². The van der Waals surface area contributed by atoms with Gasteiger partial charge in [-0.15, -0.1) is 24.8 Å². The van der Waals surface area contributed by atoms with Crippen molar-refractivity contribution in [2.45, 2.75) is 134 Å². The van der Waals surface area contributed by atoms with Gasteiger partial charge in [0.1, 0.15) is 13.5 Å². The van der Waals surface area contributed by atoms with Crippen LogP contribution in [0.1, 0.15) is 102 Å². The van der Waals surface area contributed by atoms with Crippen molar-refractivity contribution in [1.29, 1.82) is 0 Å². The molecular weight excluding hydrogens is 1330 g/mol. The third-order valence-corrected chi connectivity index (χ3v) is 22.9. The summed E-state index contributed by atoms with van der Waals surface area (Å²) in [5, 5.41) is 0. The number of unbranched alkanes of at least 4 members (excludes halogenated alkanes) is 3. The van der Waals surface area contributed by atoms with Crippen molar-refractivity contribution in [3.8, 4) is 0 Å². The molecular formula is C39H72N8O5SnW3-2. The van der Waals surface area contributed by atoms with E-state index in [0.29, 0.717) is 20.2 Å². The van der Waals surface area contributed by atoms with Gasteiger partial charge in [0.2, 0.25) is 0 Å². The Morgan fingerprint density at radius 2 is 1.34 bits per heavy atom. The van der Waals surface area contributed by atoms with Gasteiger partial charge in [0, 0.05) is 108 Å². The fourth-order valence-corrected chi connectivity index (χ4v) is 21.1. The molecule has 1 aliphatic heterocycles. The summed E-state index contributed by atoms with van der Waals surface area (Å²) in [6, 6.07) is 0. The van der Waals surface area contributed by atoms with Crippen molar-refractivity contribution < 1.29 is 88.4 Å². The van der Waals surface area contributed by atoms with Gasteiger partial charge in [-0.3, -0.25) is 6.79 Å². The van der Waals surface area contributed by atoms with Crippen LogP contribution >= 0.6 is 0 Å². The Balaban J connectivity index is -0.000000155. The molecule has 0 aliphatic carbocycles. The Morgan fingerprint density at radius 1 is 0.768 bits per heavy atom. The number of hydrogen-bond acceptors (Lipinski definition) is 9. The molecule has 5 rings (SSSR count). The summed E-state index contributed by atoms with van der Waals surface area (Å²) >= 11 is -2.40. The Morgan fingerprint density at radius 3 is 1.73 bits per heavy atom. The molecule has 0 spiro atoms. The van der Waals surface area contributed by atoms with Crippen molar-refractivity contribution in [2.75, 3.05) is 33.0 Å².